The molecule has 2 unspecified atom stereocenters. The van der Waals surface area contributed by atoms with Crippen LogP contribution in [0.2, 0.25) is 0 Å². The monoisotopic (exact) mass is 263 g/mol. The van der Waals surface area contributed by atoms with Crippen molar-refractivity contribution in [1.82, 2.24) is 4.90 Å². The minimum absolute atomic E-state index is 0.594. The number of ether oxygens (including phenoxy) is 1. The van der Waals surface area contributed by atoms with E-state index in [0.29, 0.717) is 11.8 Å². The van der Waals surface area contributed by atoms with Gasteiger partial charge in [0.15, 0.2) is 0 Å². The molecule has 0 saturated heterocycles. The zero-order valence-corrected chi connectivity index (χ0v) is 12.8. The summed E-state index contributed by atoms with van der Waals surface area (Å²) >= 11 is 0. The van der Waals surface area contributed by atoms with Gasteiger partial charge in [0.2, 0.25) is 0 Å². The van der Waals surface area contributed by atoms with E-state index < -0.39 is 0 Å². The largest absolute Gasteiger partial charge is 0.493 e. The molecule has 0 radical (unpaired) electrons. The Morgan fingerprint density at radius 3 is 2.58 bits per heavy atom. The predicted octanol–water partition coefficient (Wildman–Crippen LogP) is 3.99. The van der Waals surface area contributed by atoms with E-state index in [0.717, 1.165) is 25.0 Å². The quantitative estimate of drug-likeness (QED) is 0.743. The molecule has 0 aliphatic heterocycles. The molecule has 0 heterocycles. The van der Waals surface area contributed by atoms with Gasteiger partial charge in [-0.15, -0.1) is 0 Å². The first kappa shape index (κ1) is 14.6. The smallest absolute Gasteiger partial charge is 0.115 e. The van der Waals surface area contributed by atoms with E-state index in [4.69, 9.17) is 4.74 Å². The third kappa shape index (κ3) is 4.38. The van der Waals surface area contributed by atoms with Crippen LogP contribution in [0.15, 0.2) is 24.0 Å². The van der Waals surface area contributed by atoms with E-state index >= 15 is 0 Å². The lowest BCUT2D eigenvalue weighted by atomic mass is 9.91. The average Bonchev–Trinajstić information content (AvgIpc) is 2.43. The number of likely N-dealkylation sites (N-methyl/N-ethyl adjacent to an activating group) is 1. The highest BCUT2D eigenvalue weighted by Crippen LogP contribution is 2.23. The molecule has 0 N–H and O–H groups in total. The second-order valence-electron chi connectivity index (χ2n) is 6.27. The summed E-state index contributed by atoms with van der Waals surface area (Å²) in [6.45, 7) is 6.36. The van der Waals surface area contributed by atoms with Crippen LogP contribution >= 0.6 is 0 Å². The highest BCUT2D eigenvalue weighted by Gasteiger charge is 2.18. The fourth-order valence-corrected chi connectivity index (χ4v) is 3.00. The van der Waals surface area contributed by atoms with Crippen LogP contribution < -0.4 is 0 Å². The Bertz CT molecular complexity index is 328. The van der Waals surface area contributed by atoms with Crippen LogP contribution in [0.25, 0.3) is 0 Å². The molecule has 2 aliphatic carbocycles. The Labute approximate surface area is 118 Å². The van der Waals surface area contributed by atoms with E-state index in [-0.39, 0.29) is 0 Å². The number of hydrogen-bond acceptors (Lipinski definition) is 2. The first-order valence-electron chi connectivity index (χ1n) is 7.90. The van der Waals surface area contributed by atoms with E-state index in [2.05, 4.69) is 44.0 Å². The van der Waals surface area contributed by atoms with Gasteiger partial charge in [-0.1, -0.05) is 39.2 Å². The van der Waals surface area contributed by atoms with Crippen molar-refractivity contribution in [3.8, 4) is 0 Å². The minimum atomic E-state index is 0.594. The SMILES string of the molecule is CC1C=CC(OCCN(C)C2CCCCC2)=CC1C. The van der Waals surface area contributed by atoms with Gasteiger partial charge in [-0.3, -0.25) is 0 Å². The van der Waals surface area contributed by atoms with Crippen molar-refractivity contribution in [2.75, 3.05) is 20.2 Å². The summed E-state index contributed by atoms with van der Waals surface area (Å²) in [6, 6.07) is 0.784. The molecule has 2 aliphatic rings. The number of allylic oxidation sites excluding steroid dienone is 3. The highest BCUT2D eigenvalue weighted by molar-refractivity contribution is 5.19. The lowest BCUT2D eigenvalue weighted by Crippen LogP contribution is -2.35. The van der Waals surface area contributed by atoms with E-state index in [1.54, 1.807) is 0 Å². The van der Waals surface area contributed by atoms with Gasteiger partial charge in [-0.05, 0) is 43.9 Å². The molecule has 2 nitrogen and oxygen atoms in total. The third-order valence-electron chi connectivity index (χ3n) is 4.73. The lowest BCUT2D eigenvalue weighted by molar-refractivity contribution is 0.132. The minimum Gasteiger partial charge on any atom is -0.493 e. The molecule has 19 heavy (non-hydrogen) atoms. The molecule has 0 aromatic carbocycles. The molecule has 2 heteroatoms. The lowest BCUT2D eigenvalue weighted by Gasteiger charge is -2.31. The molecule has 2 rings (SSSR count). The molecular formula is C17H29NO. The molecule has 1 fully saturated rings. The van der Waals surface area contributed by atoms with Crippen LogP contribution in [-0.2, 0) is 4.74 Å². The van der Waals surface area contributed by atoms with E-state index in [1.807, 2.05) is 0 Å². The first-order chi connectivity index (χ1) is 9.16. The van der Waals surface area contributed by atoms with Crippen LogP contribution in [0, 0.1) is 11.8 Å². The van der Waals surface area contributed by atoms with Gasteiger partial charge < -0.3 is 9.64 Å². The van der Waals surface area contributed by atoms with Crippen LogP contribution in [-0.4, -0.2) is 31.1 Å². The fourth-order valence-electron chi connectivity index (χ4n) is 3.00. The third-order valence-corrected chi connectivity index (χ3v) is 4.73. The average molecular weight is 263 g/mol. The van der Waals surface area contributed by atoms with Crippen molar-refractivity contribution in [2.24, 2.45) is 11.8 Å². The van der Waals surface area contributed by atoms with Crippen molar-refractivity contribution in [3.05, 3.63) is 24.0 Å². The van der Waals surface area contributed by atoms with Crippen LogP contribution in [0.3, 0.4) is 0 Å². The molecule has 1 saturated carbocycles. The zero-order chi connectivity index (χ0) is 13.7. The van der Waals surface area contributed by atoms with Crippen LogP contribution in [0.5, 0.6) is 0 Å². The molecule has 2 atom stereocenters. The number of nitrogens with zero attached hydrogens (tertiary/aromatic N) is 1. The summed E-state index contributed by atoms with van der Waals surface area (Å²) in [4.78, 5) is 2.48. The van der Waals surface area contributed by atoms with E-state index in [1.165, 1.54) is 32.1 Å². The molecule has 0 aromatic rings. The maximum atomic E-state index is 5.90. The normalized spacial score (nSPS) is 28.5. The topological polar surface area (TPSA) is 12.5 Å². The Morgan fingerprint density at radius 1 is 1.16 bits per heavy atom. The van der Waals surface area contributed by atoms with E-state index in [9.17, 15) is 0 Å². The summed E-state index contributed by atoms with van der Waals surface area (Å²) < 4.78 is 5.90. The number of rotatable bonds is 5. The van der Waals surface area contributed by atoms with Gasteiger partial charge in [0.25, 0.3) is 0 Å². The maximum Gasteiger partial charge on any atom is 0.115 e. The Kier molecular flexibility index (Phi) is 5.50. The molecule has 0 aromatic heterocycles. The van der Waals surface area contributed by atoms with Gasteiger partial charge in [0, 0.05) is 12.6 Å². The molecule has 0 bridgehead atoms. The van der Waals surface area contributed by atoms with Crippen LogP contribution in [0.4, 0.5) is 0 Å². The fraction of sp³-hybridized carbons (Fsp3) is 0.765. The summed E-state index contributed by atoms with van der Waals surface area (Å²) in [7, 11) is 2.25. The highest BCUT2D eigenvalue weighted by atomic mass is 16.5. The molecule has 0 spiro atoms. The van der Waals surface area contributed by atoms with Crippen LogP contribution in [0.1, 0.15) is 46.0 Å². The van der Waals surface area contributed by atoms with Crippen molar-refractivity contribution >= 4 is 0 Å². The molecular weight excluding hydrogens is 234 g/mol. The van der Waals surface area contributed by atoms with Crippen molar-refractivity contribution < 1.29 is 4.74 Å². The predicted molar refractivity (Wildman–Crippen MR) is 81.0 cm³/mol. The van der Waals surface area contributed by atoms with Crippen molar-refractivity contribution in [2.45, 2.75) is 52.0 Å². The summed E-state index contributed by atoms with van der Waals surface area (Å²) in [5.41, 5.74) is 0. The molecule has 108 valence electrons. The zero-order valence-electron chi connectivity index (χ0n) is 12.8. The van der Waals surface area contributed by atoms with Gasteiger partial charge in [-0.25, -0.2) is 0 Å². The Balaban J connectivity index is 1.68. The number of hydrogen-bond donors (Lipinski definition) is 0. The first-order valence-corrected chi connectivity index (χ1v) is 7.90. The standard InChI is InChI=1S/C17H29NO/c1-14-9-10-17(13-15(14)2)19-12-11-18(3)16-7-5-4-6-8-16/h9-10,13-16H,4-8,11-12H2,1-3H3. The maximum absolute atomic E-state index is 5.90. The Hall–Kier alpha value is -0.760. The second kappa shape index (κ2) is 7.14. The molecule has 0 amide bonds. The summed E-state index contributed by atoms with van der Waals surface area (Å²) in [5.74, 6) is 2.29. The van der Waals surface area contributed by atoms with Gasteiger partial charge in [0.1, 0.15) is 12.4 Å². The van der Waals surface area contributed by atoms with Crippen molar-refractivity contribution in [1.29, 1.82) is 0 Å². The Morgan fingerprint density at radius 2 is 1.89 bits per heavy atom. The second-order valence-corrected chi connectivity index (χ2v) is 6.27. The van der Waals surface area contributed by atoms with Crippen molar-refractivity contribution in [3.63, 3.8) is 0 Å². The van der Waals surface area contributed by atoms with Gasteiger partial charge in [-0.2, -0.15) is 0 Å². The summed E-state index contributed by atoms with van der Waals surface area (Å²) in [6.07, 6.45) is 13.6. The summed E-state index contributed by atoms with van der Waals surface area (Å²) in [5, 5.41) is 0. The van der Waals surface area contributed by atoms with Gasteiger partial charge in [0.05, 0.1) is 0 Å². The van der Waals surface area contributed by atoms with Gasteiger partial charge >= 0.3 is 0 Å².